The minimum absolute atomic E-state index is 0.178. The average Bonchev–Trinajstić information content (AvgIpc) is 2.86. The molecule has 0 amide bonds. The van der Waals surface area contributed by atoms with Crippen molar-refractivity contribution >= 4 is 0 Å². The van der Waals surface area contributed by atoms with Crippen LogP contribution in [0.4, 0.5) is 0 Å². The van der Waals surface area contributed by atoms with Gasteiger partial charge >= 0.3 is 0 Å². The molecule has 90 valence electrons. The monoisotopic (exact) mass is 231 g/mol. The molecule has 1 aromatic carbocycles. The summed E-state index contributed by atoms with van der Waals surface area (Å²) in [5, 5.41) is 3.84. The van der Waals surface area contributed by atoms with E-state index in [1.165, 1.54) is 5.56 Å². The van der Waals surface area contributed by atoms with Crippen LogP contribution in [0.25, 0.3) is 0 Å². The molecule has 1 unspecified atom stereocenters. The lowest BCUT2D eigenvalue weighted by atomic mass is 10.1. The Labute approximate surface area is 101 Å². The Kier molecular flexibility index (Phi) is 3.88. The van der Waals surface area contributed by atoms with E-state index in [0.717, 1.165) is 25.1 Å². The zero-order valence-electron chi connectivity index (χ0n) is 9.97. The molecule has 0 aliphatic carbocycles. The van der Waals surface area contributed by atoms with Crippen LogP contribution in [0.2, 0.25) is 0 Å². The molecule has 2 rings (SSSR count). The van der Waals surface area contributed by atoms with Crippen molar-refractivity contribution in [2.24, 2.45) is 5.73 Å². The molecule has 0 aliphatic rings. The highest BCUT2D eigenvalue weighted by atomic mass is 16.5. The first-order valence-corrected chi connectivity index (χ1v) is 5.91. The predicted octanol–water partition coefficient (Wildman–Crippen LogP) is 2.26. The predicted molar refractivity (Wildman–Crippen MR) is 65.4 cm³/mol. The quantitative estimate of drug-likeness (QED) is 0.857. The first kappa shape index (κ1) is 11.8. The fourth-order valence-electron chi connectivity index (χ4n) is 1.65. The molecule has 0 spiro atoms. The maximum absolute atomic E-state index is 6.01. The van der Waals surface area contributed by atoms with Crippen LogP contribution >= 0.6 is 0 Å². The molecule has 0 saturated heterocycles. The standard InChI is InChI=1S/C13H17N3O/c1-2-12-15-13(17-16-12)11(14)9-8-10-6-4-3-5-7-10/h3-7,11H,2,8-9,14H2,1H3. The van der Waals surface area contributed by atoms with Gasteiger partial charge in [-0.15, -0.1) is 0 Å². The summed E-state index contributed by atoms with van der Waals surface area (Å²) < 4.78 is 5.12. The molecule has 17 heavy (non-hydrogen) atoms. The van der Waals surface area contributed by atoms with E-state index in [4.69, 9.17) is 10.3 Å². The lowest BCUT2D eigenvalue weighted by Gasteiger charge is -2.06. The smallest absolute Gasteiger partial charge is 0.243 e. The van der Waals surface area contributed by atoms with Gasteiger partial charge in [0.15, 0.2) is 5.82 Å². The van der Waals surface area contributed by atoms with Crippen molar-refractivity contribution in [1.82, 2.24) is 10.1 Å². The molecule has 0 saturated carbocycles. The third-order valence-electron chi connectivity index (χ3n) is 2.70. The van der Waals surface area contributed by atoms with Crippen molar-refractivity contribution in [2.75, 3.05) is 0 Å². The second kappa shape index (κ2) is 5.59. The molecule has 0 radical (unpaired) electrons. The Balaban J connectivity index is 1.91. The Bertz CT molecular complexity index is 453. The molecule has 0 bridgehead atoms. The lowest BCUT2D eigenvalue weighted by Crippen LogP contribution is -2.11. The van der Waals surface area contributed by atoms with Crippen molar-refractivity contribution in [3.05, 3.63) is 47.6 Å². The van der Waals surface area contributed by atoms with Gasteiger partial charge in [0.1, 0.15) is 0 Å². The van der Waals surface area contributed by atoms with Crippen LogP contribution < -0.4 is 5.73 Å². The molecule has 1 aromatic heterocycles. The zero-order valence-corrected chi connectivity index (χ0v) is 9.97. The van der Waals surface area contributed by atoms with E-state index >= 15 is 0 Å². The lowest BCUT2D eigenvalue weighted by molar-refractivity contribution is 0.345. The highest BCUT2D eigenvalue weighted by Crippen LogP contribution is 2.15. The molecular formula is C13H17N3O. The van der Waals surface area contributed by atoms with E-state index in [1.807, 2.05) is 25.1 Å². The average molecular weight is 231 g/mol. The van der Waals surface area contributed by atoms with Gasteiger partial charge in [0.05, 0.1) is 6.04 Å². The van der Waals surface area contributed by atoms with Gasteiger partial charge in [-0.25, -0.2) is 0 Å². The number of hydrogen-bond donors (Lipinski definition) is 1. The highest BCUT2D eigenvalue weighted by molar-refractivity contribution is 5.15. The Morgan fingerprint density at radius 2 is 2.06 bits per heavy atom. The van der Waals surface area contributed by atoms with Crippen LogP contribution in [0.1, 0.15) is 36.7 Å². The van der Waals surface area contributed by atoms with Crippen LogP contribution in [0.15, 0.2) is 34.9 Å². The van der Waals surface area contributed by atoms with E-state index in [2.05, 4.69) is 22.3 Å². The number of aryl methyl sites for hydroxylation is 2. The van der Waals surface area contributed by atoms with Gasteiger partial charge in [-0.1, -0.05) is 42.4 Å². The summed E-state index contributed by atoms with van der Waals surface area (Å²) in [5.74, 6) is 1.26. The van der Waals surface area contributed by atoms with Crippen molar-refractivity contribution < 1.29 is 4.52 Å². The van der Waals surface area contributed by atoms with Gasteiger partial charge in [-0.2, -0.15) is 4.98 Å². The fraction of sp³-hybridized carbons (Fsp3) is 0.385. The zero-order chi connectivity index (χ0) is 12.1. The molecule has 1 heterocycles. The Morgan fingerprint density at radius 3 is 2.71 bits per heavy atom. The van der Waals surface area contributed by atoms with Gasteiger partial charge in [0, 0.05) is 6.42 Å². The maximum Gasteiger partial charge on any atom is 0.243 e. The number of hydrogen-bond acceptors (Lipinski definition) is 4. The van der Waals surface area contributed by atoms with Gasteiger partial charge in [0.2, 0.25) is 5.89 Å². The van der Waals surface area contributed by atoms with Crippen molar-refractivity contribution in [2.45, 2.75) is 32.2 Å². The first-order chi connectivity index (χ1) is 8.29. The molecule has 0 fully saturated rings. The SMILES string of the molecule is CCc1noc(C(N)CCc2ccccc2)n1. The largest absolute Gasteiger partial charge is 0.338 e. The van der Waals surface area contributed by atoms with E-state index in [0.29, 0.717) is 5.89 Å². The highest BCUT2D eigenvalue weighted by Gasteiger charge is 2.13. The van der Waals surface area contributed by atoms with Gasteiger partial charge in [-0.05, 0) is 18.4 Å². The van der Waals surface area contributed by atoms with Gasteiger partial charge in [0.25, 0.3) is 0 Å². The number of aromatic nitrogens is 2. The van der Waals surface area contributed by atoms with Crippen LogP contribution in [0, 0.1) is 0 Å². The minimum Gasteiger partial charge on any atom is -0.338 e. The molecule has 4 nitrogen and oxygen atoms in total. The minimum atomic E-state index is -0.178. The third-order valence-corrected chi connectivity index (χ3v) is 2.70. The van der Waals surface area contributed by atoms with Crippen molar-refractivity contribution in [1.29, 1.82) is 0 Å². The van der Waals surface area contributed by atoms with Crippen LogP contribution in [-0.2, 0) is 12.8 Å². The summed E-state index contributed by atoms with van der Waals surface area (Å²) in [7, 11) is 0. The third kappa shape index (κ3) is 3.14. The molecule has 0 aliphatic heterocycles. The fourth-order valence-corrected chi connectivity index (χ4v) is 1.65. The van der Waals surface area contributed by atoms with Crippen molar-refractivity contribution in [3.63, 3.8) is 0 Å². The number of benzene rings is 1. The summed E-state index contributed by atoms with van der Waals surface area (Å²) >= 11 is 0. The number of nitrogens with zero attached hydrogens (tertiary/aromatic N) is 2. The van der Waals surface area contributed by atoms with E-state index in [-0.39, 0.29) is 6.04 Å². The van der Waals surface area contributed by atoms with Crippen LogP contribution in [0.5, 0.6) is 0 Å². The molecule has 2 aromatic rings. The van der Waals surface area contributed by atoms with Crippen molar-refractivity contribution in [3.8, 4) is 0 Å². The molecule has 4 heteroatoms. The summed E-state index contributed by atoms with van der Waals surface area (Å²) in [6, 6.07) is 10.1. The molecular weight excluding hydrogens is 214 g/mol. The van der Waals surface area contributed by atoms with E-state index < -0.39 is 0 Å². The van der Waals surface area contributed by atoms with E-state index in [9.17, 15) is 0 Å². The van der Waals surface area contributed by atoms with Crippen LogP contribution in [0.3, 0.4) is 0 Å². The maximum atomic E-state index is 6.01. The second-order valence-electron chi connectivity index (χ2n) is 4.03. The normalized spacial score (nSPS) is 12.6. The van der Waals surface area contributed by atoms with Gasteiger partial charge < -0.3 is 10.3 Å². The summed E-state index contributed by atoms with van der Waals surface area (Å²) in [5.41, 5.74) is 7.29. The van der Waals surface area contributed by atoms with Gasteiger partial charge in [-0.3, -0.25) is 0 Å². The topological polar surface area (TPSA) is 64.9 Å². The Morgan fingerprint density at radius 1 is 1.29 bits per heavy atom. The number of rotatable bonds is 5. The molecule has 2 N–H and O–H groups in total. The van der Waals surface area contributed by atoms with E-state index in [1.54, 1.807) is 0 Å². The summed E-state index contributed by atoms with van der Waals surface area (Å²) in [6.45, 7) is 1.99. The Hall–Kier alpha value is -1.68. The summed E-state index contributed by atoms with van der Waals surface area (Å²) in [6.07, 6.45) is 2.51. The second-order valence-corrected chi connectivity index (χ2v) is 4.03. The summed E-state index contributed by atoms with van der Waals surface area (Å²) in [4.78, 5) is 4.24. The van der Waals surface area contributed by atoms with Crippen LogP contribution in [-0.4, -0.2) is 10.1 Å². The number of nitrogens with two attached hydrogens (primary N) is 1. The first-order valence-electron chi connectivity index (χ1n) is 5.91. The molecule has 1 atom stereocenters.